The third-order valence-electron chi connectivity index (χ3n) is 3.85. The van der Waals surface area contributed by atoms with Crippen LogP contribution in [-0.2, 0) is 0 Å². The number of nitrogens with zero attached hydrogens (tertiary/aromatic N) is 4. The molecule has 0 bridgehead atoms. The molecule has 0 saturated carbocycles. The minimum absolute atomic E-state index is 0.0607. The van der Waals surface area contributed by atoms with Gasteiger partial charge in [0.2, 0.25) is 5.89 Å². The second kappa shape index (κ2) is 6.70. The van der Waals surface area contributed by atoms with Crippen LogP contribution in [0.25, 0.3) is 0 Å². The molecular weight excluding hydrogens is 360 g/mol. The summed E-state index contributed by atoms with van der Waals surface area (Å²) in [5.74, 6) is 0.926. The fraction of sp³-hybridized carbons (Fsp3) is 0.438. The number of amides is 1. The van der Waals surface area contributed by atoms with Gasteiger partial charge in [-0.1, -0.05) is 34.9 Å². The van der Waals surface area contributed by atoms with E-state index in [0.717, 1.165) is 4.47 Å². The zero-order valence-corrected chi connectivity index (χ0v) is 14.8. The van der Waals surface area contributed by atoms with Gasteiger partial charge >= 0.3 is 6.01 Å². The topological polar surface area (TPSA) is 62.5 Å². The Morgan fingerprint density at radius 2 is 1.78 bits per heavy atom. The van der Waals surface area contributed by atoms with Gasteiger partial charge in [0.15, 0.2) is 0 Å². The number of benzene rings is 1. The molecule has 1 aromatic heterocycles. The van der Waals surface area contributed by atoms with Gasteiger partial charge in [-0.15, -0.1) is 5.10 Å². The summed E-state index contributed by atoms with van der Waals surface area (Å²) in [6.07, 6.45) is 0. The lowest BCUT2D eigenvalue weighted by molar-refractivity contribution is 0.0745. The van der Waals surface area contributed by atoms with E-state index in [1.165, 1.54) is 0 Å². The van der Waals surface area contributed by atoms with Gasteiger partial charge in [0, 0.05) is 42.1 Å². The molecule has 1 saturated heterocycles. The van der Waals surface area contributed by atoms with Gasteiger partial charge in [0.25, 0.3) is 5.91 Å². The fourth-order valence-corrected chi connectivity index (χ4v) is 2.73. The molecular formula is C16H19BrN4O2. The summed E-state index contributed by atoms with van der Waals surface area (Å²) in [5, 5.41) is 8.16. The Hall–Kier alpha value is -1.89. The van der Waals surface area contributed by atoms with Gasteiger partial charge in [0.05, 0.1) is 0 Å². The van der Waals surface area contributed by atoms with E-state index >= 15 is 0 Å². The lowest BCUT2D eigenvalue weighted by Gasteiger charge is -2.33. The predicted molar refractivity (Wildman–Crippen MR) is 90.6 cm³/mol. The molecule has 2 heterocycles. The molecule has 7 heteroatoms. The van der Waals surface area contributed by atoms with Crippen LogP contribution in [0.3, 0.4) is 0 Å². The molecule has 1 fully saturated rings. The van der Waals surface area contributed by atoms with Crippen molar-refractivity contribution in [3.05, 3.63) is 40.2 Å². The molecule has 3 rings (SSSR count). The SMILES string of the molecule is CC(C)c1nnc(N2CCN(C(=O)c3ccc(Br)cc3)CC2)o1. The molecule has 0 atom stereocenters. The highest BCUT2D eigenvalue weighted by atomic mass is 79.9. The number of aromatic nitrogens is 2. The minimum Gasteiger partial charge on any atom is -0.408 e. The minimum atomic E-state index is 0.0607. The number of piperazine rings is 1. The number of carbonyl (C=O) groups is 1. The Bertz CT molecular complexity index is 676. The highest BCUT2D eigenvalue weighted by molar-refractivity contribution is 9.10. The quantitative estimate of drug-likeness (QED) is 0.821. The lowest BCUT2D eigenvalue weighted by atomic mass is 10.2. The van der Waals surface area contributed by atoms with E-state index in [9.17, 15) is 4.79 Å². The van der Waals surface area contributed by atoms with E-state index in [-0.39, 0.29) is 11.8 Å². The van der Waals surface area contributed by atoms with Crippen molar-refractivity contribution < 1.29 is 9.21 Å². The molecule has 6 nitrogen and oxygen atoms in total. The largest absolute Gasteiger partial charge is 0.408 e. The van der Waals surface area contributed by atoms with Crippen molar-refractivity contribution in [3.63, 3.8) is 0 Å². The summed E-state index contributed by atoms with van der Waals surface area (Å²) in [6, 6.07) is 7.99. The molecule has 122 valence electrons. The average molecular weight is 379 g/mol. The number of rotatable bonds is 3. The van der Waals surface area contributed by atoms with Gasteiger partial charge in [-0.3, -0.25) is 4.79 Å². The van der Waals surface area contributed by atoms with Crippen molar-refractivity contribution in [2.24, 2.45) is 0 Å². The molecule has 1 amide bonds. The number of halogens is 1. The first kappa shape index (κ1) is 16.0. The van der Waals surface area contributed by atoms with Crippen molar-refractivity contribution in [2.45, 2.75) is 19.8 Å². The molecule has 2 aromatic rings. The van der Waals surface area contributed by atoms with Gasteiger partial charge in [-0.25, -0.2) is 0 Å². The van der Waals surface area contributed by atoms with Crippen LogP contribution in [-0.4, -0.2) is 47.2 Å². The smallest absolute Gasteiger partial charge is 0.318 e. The summed E-state index contributed by atoms with van der Waals surface area (Å²) < 4.78 is 6.64. The van der Waals surface area contributed by atoms with Crippen molar-refractivity contribution in [2.75, 3.05) is 31.1 Å². The van der Waals surface area contributed by atoms with Crippen LogP contribution in [0, 0.1) is 0 Å². The van der Waals surface area contributed by atoms with Crippen LogP contribution in [0.5, 0.6) is 0 Å². The first-order valence-corrected chi connectivity index (χ1v) is 8.47. The van der Waals surface area contributed by atoms with Gasteiger partial charge in [-0.2, -0.15) is 0 Å². The van der Waals surface area contributed by atoms with Gasteiger partial charge in [-0.05, 0) is 24.3 Å². The average Bonchev–Trinajstić information content (AvgIpc) is 3.05. The monoisotopic (exact) mass is 378 g/mol. The molecule has 1 aliphatic heterocycles. The molecule has 1 aliphatic rings. The Kier molecular flexibility index (Phi) is 4.66. The summed E-state index contributed by atoms with van der Waals surface area (Å²) in [5.41, 5.74) is 0.710. The maximum Gasteiger partial charge on any atom is 0.318 e. The summed E-state index contributed by atoms with van der Waals surface area (Å²) in [7, 11) is 0. The molecule has 0 N–H and O–H groups in total. The molecule has 0 radical (unpaired) electrons. The zero-order valence-electron chi connectivity index (χ0n) is 13.2. The van der Waals surface area contributed by atoms with Crippen LogP contribution in [0.15, 0.2) is 33.2 Å². The molecule has 1 aromatic carbocycles. The van der Waals surface area contributed by atoms with E-state index < -0.39 is 0 Å². The molecule has 0 aliphatic carbocycles. The number of hydrogen-bond acceptors (Lipinski definition) is 5. The third-order valence-corrected chi connectivity index (χ3v) is 4.38. The standard InChI is InChI=1S/C16H19BrN4O2/c1-11(2)14-18-19-16(23-14)21-9-7-20(8-10-21)15(22)12-3-5-13(17)6-4-12/h3-6,11H,7-10H2,1-2H3. The predicted octanol–water partition coefficient (Wildman–Crippen LogP) is 2.92. The van der Waals surface area contributed by atoms with E-state index in [1.807, 2.05) is 47.9 Å². The first-order chi connectivity index (χ1) is 11.0. The molecule has 0 spiro atoms. The summed E-state index contributed by atoms with van der Waals surface area (Å²) in [4.78, 5) is 16.4. The summed E-state index contributed by atoms with van der Waals surface area (Å²) >= 11 is 3.38. The summed E-state index contributed by atoms with van der Waals surface area (Å²) in [6.45, 7) is 6.73. The number of carbonyl (C=O) groups excluding carboxylic acids is 1. The van der Waals surface area contributed by atoms with Crippen molar-refractivity contribution in [3.8, 4) is 0 Å². The Balaban J connectivity index is 1.61. The molecule has 0 unspecified atom stereocenters. The first-order valence-electron chi connectivity index (χ1n) is 7.68. The van der Waals surface area contributed by atoms with Crippen molar-refractivity contribution in [1.82, 2.24) is 15.1 Å². The maximum absolute atomic E-state index is 12.5. The number of hydrogen-bond donors (Lipinski definition) is 0. The van der Waals surface area contributed by atoms with E-state index in [2.05, 4.69) is 26.1 Å². The van der Waals surface area contributed by atoms with Crippen LogP contribution in [0.1, 0.15) is 36.0 Å². The lowest BCUT2D eigenvalue weighted by Crippen LogP contribution is -2.48. The van der Waals surface area contributed by atoms with E-state index in [1.54, 1.807) is 0 Å². The Labute approximate surface area is 143 Å². The normalized spacial score (nSPS) is 15.3. The highest BCUT2D eigenvalue weighted by Crippen LogP contribution is 2.20. The van der Waals surface area contributed by atoms with E-state index in [4.69, 9.17) is 4.42 Å². The van der Waals surface area contributed by atoms with Crippen molar-refractivity contribution >= 4 is 27.9 Å². The fourth-order valence-electron chi connectivity index (χ4n) is 2.46. The van der Waals surface area contributed by atoms with Crippen LogP contribution in [0.4, 0.5) is 6.01 Å². The van der Waals surface area contributed by atoms with Crippen LogP contribution in [0.2, 0.25) is 0 Å². The van der Waals surface area contributed by atoms with Crippen molar-refractivity contribution in [1.29, 1.82) is 0 Å². The Morgan fingerprint density at radius 1 is 1.13 bits per heavy atom. The highest BCUT2D eigenvalue weighted by Gasteiger charge is 2.25. The van der Waals surface area contributed by atoms with Crippen LogP contribution >= 0.6 is 15.9 Å². The van der Waals surface area contributed by atoms with Crippen LogP contribution < -0.4 is 4.90 Å². The van der Waals surface area contributed by atoms with E-state index in [0.29, 0.717) is 43.6 Å². The molecule has 23 heavy (non-hydrogen) atoms. The zero-order chi connectivity index (χ0) is 16.4. The third kappa shape index (κ3) is 3.55. The second-order valence-corrected chi connectivity index (χ2v) is 6.78. The second-order valence-electron chi connectivity index (χ2n) is 5.86. The maximum atomic E-state index is 12.5. The number of anilines is 1. The Morgan fingerprint density at radius 3 is 2.35 bits per heavy atom. The van der Waals surface area contributed by atoms with Gasteiger partial charge in [0.1, 0.15) is 0 Å². The van der Waals surface area contributed by atoms with Gasteiger partial charge < -0.3 is 14.2 Å².